The second-order valence-electron chi connectivity index (χ2n) is 7.63. The zero-order chi connectivity index (χ0) is 15.3. The fourth-order valence-electron chi connectivity index (χ4n) is 4.76. The second-order valence-corrected chi connectivity index (χ2v) is 7.63. The van der Waals surface area contributed by atoms with Gasteiger partial charge >= 0.3 is 0 Å². The Hall–Kier alpha value is -0.160. The van der Waals surface area contributed by atoms with Gasteiger partial charge < -0.3 is 20.1 Å². The third-order valence-corrected chi connectivity index (χ3v) is 5.95. The van der Waals surface area contributed by atoms with Crippen LogP contribution in [-0.2, 0) is 4.74 Å². The molecule has 2 rings (SSSR count). The Balaban J connectivity index is 2.45. The molecule has 2 saturated carbocycles. The fraction of sp³-hybridized carbons (Fsp3) is 1.00. The summed E-state index contributed by atoms with van der Waals surface area (Å²) >= 11 is 0. The topological polar surface area (TPSA) is 69.9 Å². The monoisotopic (exact) mass is 286 g/mol. The van der Waals surface area contributed by atoms with E-state index in [-0.39, 0.29) is 23.7 Å². The van der Waals surface area contributed by atoms with Crippen molar-refractivity contribution in [3.8, 4) is 0 Å². The van der Waals surface area contributed by atoms with Gasteiger partial charge in [0.2, 0.25) is 0 Å². The molecule has 0 aliphatic heterocycles. The number of fused-ring (bicyclic) bond motifs is 1. The minimum absolute atomic E-state index is 0.0795. The molecule has 0 aromatic heterocycles. The van der Waals surface area contributed by atoms with E-state index in [2.05, 4.69) is 0 Å². The lowest BCUT2D eigenvalue weighted by Gasteiger charge is -2.40. The van der Waals surface area contributed by atoms with E-state index in [0.717, 1.165) is 6.42 Å². The highest BCUT2D eigenvalue weighted by Crippen LogP contribution is 2.54. The molecule has 20 heavy (non-hydrogen) atoms. The van der Waals surface area contributed by atoms with Crippen LogP contribution in [0.15, 0.2) is 0 Å². The van der Waals surface area contributed by atoms with Gasteiger partial charge in [-0.3, -0.25) is 0 Å². The second kappa shape index (κ2) is 5.24. The maximum atomic E-state index is 10.8. The average molecular weight is 286 g/mol. The van der Waals surface area contributed by atoms with Gasteiger partial charge in [-0.25, -0.2) is 0 Å². The van der Waals surface area contributed by atoms with Gasteiger partial charge in [-0.1, -0.05) is 13.8 Å². The molecule has 3 N–H and O–H groups in total. The third kappa shape index (κ3) is 2.41. The molecule has 4 heteroatoms. The van der Waals surface area contributed by atoms with Crippen molar-refractivity contribution in [2.45, 2.75) is 70.4 Å². The molecule has 0 amide bonds. The summed E-state index contributed by atoms with van der Waals surface area (Å²) in [5, 5.41) is 32.1. The summed E-state index contributed by atoms with van der Waals surface area (Å²) in [5.41, 5.74) is -1.38. The molecule has 0 aromatic rings. The Morgan fingerprint density at radius 1 is 1.20 bits per heavy atom. The summed E-state index contributed by atoms with van der Waals surface area (Å²) in [6.45, 7) is 7.85. The number of hydrogen-bond donors (Lipinski definition) is 3. The maximum absolute atomic E-state index is 10.8. The zero-order valence-corrected chi connectivity index (χ0v) is 13.3. The largest absolute Gasteiger partial charge is 0.393 e. The number of ether oxygens (including phenoxy) is 1. The van der Waals surface area contributed by atoms with Crippen molar-refractivity contribution < 1.29 is 20.1 Å². The zero-order valence-electron chi connectivity index (χ0n) is 13.3. The average Bonchev–Trinajstić information content (AvgIpc) is 2.59. The van der Waals surface area contributed by atoms with Crippen LogP contribution < -0.4 is 0 Å². The molecule has 4 nitrogen and oxygen atoms in total. The molecule has 0 unspecified atom stereocenters. The molecule has 2 aliphatic rings. The first kappa shape index (κ1) is 16.2. The Morgan fingerprint density at radius 3 is 2.30 bits per heavy atom. The number of rotatable bonds is 2. The van der Waals surface area contributed by atoms with Gasteiger partial charge in [0.1, 0.15) is 0 Å². The van der Waals surface area contributed by atoms with E-state index in [1.807, 2.05) is 27.7 Å². The molecule has 0 spiro atoms. The molecule has 2 aliphatic carbocycles. The molecule has 0 aromatic carbocycles. The van der Waals surface area contributed by atoms with Crippen LogP contribution in [0.1, 0.15) is 47.0 Å². The first-order valence-electron chi connectivity index (χ1n) is 7.77. The first-order valence-corrected chi connectivity index (χ1v) is 7.77. The van der Waals surface area contributed by atoms with Gasteiger partial charge in [-0.2, -0.15) is 0 Å². The number of hydrogen-bond acceptors (Lipinski definition) is 4. The highest BCUT2D eigenvalue weighted by molar-refractivity contribution is 5.09. The Kier molecular flexibility index (Phi) is 4.25. The van der Waals surface area contributed by atoms with Gasteiger partial charge in [-0.05, 0) is 38.5 Å². The maximum Gasteiger partial charge on any atom is 0.0708 e. The van der Waals surface area contributed by atoms with Crippen LogP contribution in [0, 0.1) is 23.7 Å². The fourth-order valence-corrected chi connectivity index (χ4v) is 4.76. The van der Waals surface area contributed by atoms with Crippen molar-refractivity contribution in [3.05, 3.63) is 0 Å². The highest BCUT2D eigenvalue weighted by atomic mass is 16.5. The van der Waals surface area contributed by atoms with E-state index < -0.39 is 23.4 Å². The van der Waals surface area contributed by atoms with Gasteiger partial charge in [0.15, 0.2) is 0 Å². The molecule has 0 heterocycles. The molecule has 118 valence electrons. The van der Waals surface area contributed by atoms with E-state index in [1.165, 1.54) is 0 Å². The summed E-state index contributed by atoms with van der Waals surface area (Å²) in [6.07, 6.45) is 0.733. The van der Waals surface area contributed by atoms with E-state index in [9.17, 15) is 15.3 Å². The van der Waals surface area contributed by atoms with E-state index >= 15 is 0 Å². The quantitative estimate of drug-likeness (QED) is 0.720. The Labute approximate surface area is 122 Å². The van der Waals surface area contributed by atoms with Crippen LogP contribution in [0.4, 0.5) is 0 Å². The summed E-state index contributed by atoms with van der Waals surface area (Å²) in [7, 11) is 1.67. The molecule has 0 radical (unpaired) electrons. The molecular weight excluding hydrogens is 256 g/mol. The Morgan fingerprint density at radius 2 is 1.80 bits per heavy atom. The molecule has 2 fully saturated rings. The molecule has 7 atom stereocenters. The smallest absolute Gasteiger partial charge is 0.0708 e. The van der Waals surface area contributed by atoms with Crippen LogP contribution in [0.3, 0.4) is 0 Å². The number of methoxy groups -OCH3 is 1. The molecule has 0 bridgehead atoms. The molecule has 0 saturated heterocycles. The Bertz CT molecular complexity index is 354. The summed E-state index contributed by atoms with van der Waals surface area (Å²) in [5.74, 6) is -0.215. The van der Waals surface area contributed by atoms with E-state index in [4.69, 9.17) is 4.74 Å². The lowest BCUT2D eigenvalue weighted by molar-refractivity contribution is -0.112. The third-order valence-electron chi connectivity index (χ3n) is 5.95. The van der Waals surface area contributed by atoms with Gasteiger partial charge in [-0.15, -0.1) is 0 Å². The number of aliphatic hydroxyl groups excluding tert-OH is 2. The van der Waals surface area contributed by atoms with E-state index in [0.29, 0.717) is 12.8 Å². The predicted molar refractivity (Wildman–Crippen MR) is 77.2 cm³/mol. The van der Waals surface area contributed by atoms with Gasteiger partial charge in [0.05, 0.1) is 23.4 Å². The van der Waals surface area contributed by atoms with E-state index in [1.54, 1.807) is 7.11 Å². The lowest BCUT2D eigenvalue weighted by Crippen LogP contribution is -2.48. The van der Waals surface area contributed by atoms with Crippen molar-refractivity contribution in [3.63, 3.8) is 0 Å². The van der Waals surface area contributed by atoms with Crippen LogP contribution in [-0.4, -0.2) is 45.8 Å². The van der Waals surface area contributed by atoms with Crippen LogP contribution in [0.2, 0.25) is 0 Å². The first-order chi connectivity index (χ1) is 9.14. The summed E-state index contributed by atoms with van der Waals surface area (Å²) in [4.78, 5) is 0. The number of aliphatic hydroxyl groups is 3. The lowest BCUT2D eigenvalue weighted by atomic mass is 9.73. The van der Waals surface area contributed by atoms with Crippen LogP contribution in [0.5, 0.6) is 0 Å². The van der Waals surface area contributed by atoms with Crippen molar-refractivity contribution in [1.29, 1.82) is 0 Å². The minimum Gasteiger partial charge on any atom is -0.393 e. The van der Waals surface area contributed by atoms with Crippen molar-refractivity contribution in [1.82, 2.24) is 0 Å². The van der Waals surface area contributed by atoms with Gasteiger partial charge in [0, 0.05) is 25.4 Å². The van der Waals surface area contributed by atoms with Crippen molar-refractivity contribution in [2.24, 2.45) is 23.7 Å². The predicted octanol–water partition coefficient (Wildman–Crippen LogP) is 1.57. The SMILES string of the molecule is CO[C@]1(C)C[C@@H](O)[C@@H](C(C)C)[C@@H](O)[C@H]2[C@H]1CC[C@]2(C)O. The molecular formula is C16H30O4. The summed E-state index contributed by atoms with van der Waals surface area (Å²) in [6, 6.07) is 0. The summed E-state index contributed by atoms with van der Waals surface area (Å²) < 4.78 is 5.73. The normalized spacial score (nSPS) is 53.0. The standard InChI is InChI=1S/C16H30O4/c1-9(2)12-11(17)8-16(4,20-5)10-6-7-15(3,19)13(10)14(12)18/h9-14,17-19H,6-8H2,1-5H3/t10-,11-,12-,13-,14-,15+,16-/m1/s1. The van der Waals surface area contributed by atoms with Crippen molar-refractivity contribution in [2.75, 3.05) is 7.11 Å². The van der Waals surface area contributed by atoms with Crippen LogP contribution >= 0.6 is 0 Å². The van der Waals surface area contributed by atoms with Gasteiger partial charge in [0.25, 0.3) is 0 Å². The van der Waals surface area contributed by atoms with Crippen LogP contribution in [0.25, 0.3) is 0 Å². The minimum atomic E-state index is -0.888. The highest BCUT2D eigenvalue weighted by Gasteiger charge is 2.59. The van der Waals surface area contributed by atoms with Crippen molar-refractivity contribution >= 4 is 0 Å².